The highest BCUT2D eigenvalue weighted by Crippen LogP contribution is 2.11. The second-order valence-electron chi connectivity index (χ2n) is 3.78. The fourth-order valence-corrected chi connectivity index (χ4v) is 1.69. The molecule has 0 atom stereocenters. The van der Waals surface area contributed by atoms with Crippen molar-refractivity contribution in [3.8, 4) is 0 Å². The van der Waals surface area contributed by atoms with Crippen LogP contribution in [0.3, 0.4) is 0 Å². The third-order valence-electron chi connectivity index (χ3n) is 2.61. The van der Waals surface area contributed by atoms with Crippen LogP contribution >= 0.6 is 0 Å². The van der Waals surface area contributed by atoms with Crippen molar-refractivity contribution >= 4 is 11.8 Å². The number of amides is 2. The number of likely N-dealkylation sites (N-methyl/N-ethyl adjacent to an activating group) is 1. The molecule has 1 aliphatic heterocycles. The van der Waals surface area contributed by atoms with Crippen molar-refractivity contribution < 1.29 is 4.79 Å². The number of aromatic nitrogens is 1. The van der Waals surface area contributed by atoms with E-state index in [9.17, 15) is 4.79 Å². The van der Waals surface area contributed by atoms with Gasteiger partial charge in [0, 0.05) is 20.1 Å². The van der Waals surface area contributed by atoms with Gasteiger partial charge in [-0.15, -0.1) is 0 Å². The van der Waals surface area contributed by atoms with Crippen molar-refractivity contribution in [2.24, 2.45) is 5.84 Å². The molecule has 16 heavy (non-hydrogen) atoms. The Bertz CT molecular complexity index is 395. The topological polar surface area (TPSA) is 74.5 Å². The number of nitrogen functional groups attached to an aromatic ring is 1. The Balaban J connectivity index is 2.06. The summed E-state index contributed by atoms with van der Waals surface area (Å²) in [6.07, 6.45) is 0. The molecule has 1 aliphatic rings. The molecular weight excluding hydrogens is 206 g/mol. The van der Waals surface area contributed by atoms with Gasteiger partial charge in [-0.25, -0.2) is 15.6 Å². The minimum atomic E-state index is 0.0490. The minimum Gasteiger partial charge on any atom is -0.326 e. The lowest BCUT2D eigenvalue weighted by Gasteiger charge is -2.15. The van der Waals surface area contributed by atoms with Gasteiger partial charge in [-0.3, -0.25) is 0 Å². The number of pyridine rings is 1. The van der Waals surface area contributed by atoms with Gasteiger partial charge in [0.1, 0.15) is 5.82 Å². The van der Waals surface area contributed by atoms with Crippen LogP contribution in [0, 0.1) is 0 Å². The third-order valence-corrected chi connectivity index (χ3v) is 2.61. The van der Waals surface area contributed by atoms with Crippen LogP contribution in [0.2, 0.25) is 0 Å². The molecule has 6 nitrogen and oxygen atoms in total. The third kappa shape index (κ3) is 2.06. The first-order valence-electron chi connectivity index (χ1n) is 5.13. The molecule has 0 aromatic carbocycles. The van der Waals surface area contributed by atoms with Crippen LogP contribution in [0.25, 0.3) is 0 Å². The lowest BCUT2D eigenvalue weighted by molar-refractivity contribution is 0.196. The molecule has 0 radical (unpaired) electrons. The molecule has 0 saturated carbocycles. The molecule has 0 bridgehead atoms. The summed E-state index contributed by atoms with van der Waals surface area (Å²) in [6.45, 7) is 2.05. The van der Waals surface area contributed by atoms with Gasteiger partial charge in [0.05, 0.1) is 12.2 Å². The number of nitrogens with one attached hydrogen (secondary N) is 1. The van der Waals surface area contributed by atoms with Crippen molar-refractivity contribution in [3.05, 3.63) is 23.9 Å². The summed E-state index contributed by atoms with van der Waals surface area (Å²) < 4.78 is 0. The van der Waals surface area contributed by atoms with Crippen molar-refractivity contribution in [1.29, 1.82) is 0 Å². The van der Waals surface area contributed by atoms with Crippen LogP contribution in [-0.4, -0.2) is 41.0 Å². The normalized spacial score (nSPS) is 15.8. The quantitative estimate of drug-likeness (QED) is 0.566. The van der Waals surface area contributed by atoms with Gasteiger partial charge in [-0.2, -0.15) is 0 Å². The summed E-state index contributed by atoms with van der Waals surface area (Å²) in [5.41, 5.74) is 3.32. The maximum Gasteiger partial charge on any atom is 0.320 e. The first-order valence-corrected chi connectivity index (χ1v) is 5.13. The van der Waals surface area contributed by atoms with E-state index >= 15 is 0 Å². The molecule has 6 heteroatoms. The van der Waals surface area contributed by atoms with E-state index in [0.29, 0.717) is 12.4 Å². The number of nitrogens with two attached hydrogens (primary N) is 1. The number of rotatable bonds is 3. The number of hydrazine groups is 1. The Morgan fingerprint density at radius 3 is 2.94 bits per heavy atom. The first kappa shape index (κ1) is 10.7. The average molecular weight is 221 g/mol. The molecule has 1 fully saturated rings. The lowest BCUT2D eigenvalue weighted by Crippen LogP contribution is -2.29. The molecule has 86 valence electrons. The molecular formula is C10H15N5O. The van der Waals surface area contributed by atoms with Crippen molar-refractivity contribution in [3.63, 3.8) is 0 Å². The van der Waals surface area contributed by atoms with Crippen molar-refractivity contribution in [1.82, 2.24) is 14.8 Å². The van der Waals surface area contributed by atoms with Crippen LogP contribution in [-0.2, 0) is 6.54 Å². The van der Waals surface area contributed by atoms with E-state index < -0.39 is 0 Å². The first-order chi connectivity index (χ1) is 7.70. The second kappa shape index (κ2) is 4.36. The van der Waals surface area contributed by atoms with E-state index in [1.54, 1.807) is 22.9 Å². The van der Waals surface area contributed by atoms with E-state index in [-0.39, 0.29) is 6.03 Å². The summed E-state index contributed by atoms with van der Waals surface area (Å²) in [4.78, 5) is 19.4. The fraction of sp³-hybridized carbons (Fsp3) is 0.400. The average Bonchev–Trinajstić information content (AvgIpc) is 2.61. The summed E-state index contributed by atoms with van der Waals surface area (Å²) >= 11 is 0. The van der Waals surface area contributed by atoms with Crippen molar-refractivity contribution in [2.45, 2.75) is 6.54 Å². The van der Waals surface area contributed by atoms with Crippen LogP contribution in [0.1, 0.15) is 5.69 Å². The second-order valence-corrected chi connectivity index (χ2v) is 3.78. The number of anilines is 1. The monoisotopic (exact) mass is 221 g/mol. The molecule has 0 aliphatic carbocycles. The van der Waals surface area contributed by atoms with Gasteiger partial charge < -0.3 is 15.2 Å². The van der Waals surface area contributed by atoms with E-state index in [0.717, 1.165) is 18.8 Å². The molecule has 2 heterocycles. The smallest absolute Gasteiger partial charge is 0.320 e. The molecule has 1 aromatic heterocycles. The summed E-state index contributed by atoms with van der Waals surface area (Å²) in [5, 5.41) is 0. The predicted molar refractivity (Wildman–Crippen MR) is 60.5 cm³/mol. The zero-order chi connectivity index (χ0) is 11.5. The molecule has 3 N–H and O–H groups in total. The van der Waals surface area contributed by atoms with E-state index in [1.165, 1.54) is 0 Å². The number of hydrogen-bond acceptors (Lipinski definition) is 4. The number of nitrogens with zero attached hydrogens (tertiary/aromatic N) is 3. The molecule has 1 aromatic rings. The number of carbonyl (C=O) groups excluding carboxylic acids is 1. The minimum absolute atomic E-state index is 0.0490. The molecule has 0 spiro atoms. The summed E-state index contributed by atoms with van der Waals surface area (Å²) in [5.74, 6) is 5.88. The Hall–Kier alpha value is -1.82. The Labute approximate surface area is 94.0 Å². The van der Waals surface area contributed by atoms with Gasteiger partial charge in [0.15, 0.2) is 0 Å². The van der Waals surface area contributed by atoms with E-state index in [2.05, 4.69) is 10.4 Å². The van der Waals surface area contributed by atoms with Crippen LogP contribution in [0.4, 0.5) is 10.6 Å². The van der Waals surface area contributed by atoms with E-state index in [1.807, 2.05) is 12.1 Å². The van der Waals surface area contributed by atoms with Crippen LogP contribution in [0.5, 0.6) is 0 Å². The standard InChI is InChI=1S/C10H15N5O/c1-14-5-6-15(10(14)16)7-8-3-2-4-9(12-8)13-11/h2-4H,5-7,11H2,1H3,(H,12,13). The van der Waals surface area contributed by atoms with Gasteiger partial charge in [-0.1, -0.05) is 6.07 Å². The highest BCUT2D eigenvalue weighted by molar-refractivity contribution is 5.76. The zero-order valence-electron chi connectivity index (χ0n) is 9.18. The van der Waals surface area contributed by atoms with Crippen LogP contribution < -0.4 is 11.3 Å². The molecule has 1 saturated heterocycles. The maximum absolute atomic E-state index is 11.6. The number of hydrogen-bond donors (Lipinski definition) is 2. The van der Waals surface area contributed by atoms with Crippen LogP contribution in [0.15, 0.2) is 18.2 Å². The van der Waals surface area contributed by atoms with Gasteiger partial charge in [0.25, 0.3) is 0 Å². The Morgan fingerprint density at radius 2 is 2.31 bits per heavy atom. The van der Waals surface area contributed by atoms with Gasteiger partial charge in [-0.05, 0) is 12.1 Å². The summed E-state index contributed by atoms with van der Waals surface area (Å²) in [7, 11) is 1.80. The number of carbonyl (C=O) groups is 1. The van der Waals surface area contributed by atoms with Gasteiger partial charge >= 0.3 is 6.03 Å². The zero-order valence-corrected chi connectivity index (χ0v) is 9.18. The van der Waals surface area contributed by atoms with Gasteiger partial charge in [0.2, 0.25) is 0 Å². The lowest BCUT2D eigenvalue weighted by atomic mass is 10.3. The summed E-state index contributed by atoms with van der Waals surface area (Å²) in [6, 6.07) is 5.57. The SMILES string of the molecule is CN1CCN(Cc2cccc(NN)n2)C1=O. The number of urea groups is 1. The largest absolute Gasteiger partial charge is 0.326 e. The molecule has 2 rings (SSSR count). The maximum atomic E-state index is 11.6. The molecule has 2 amide bonds. The Kier molecular flexibility index (Phi) is 2.91. The highest BCUT2D eigenvalue weighted by atomic mass is 16.2. The fourth-order valence-electron chi connectivity index (χ4n) is 1.69. The highest BCUT2D eigenvalue weighted by Gasteiger charge is 2.25. The van der Waals surface area contributed by atoms with Crippen molar-refractivity contribution in [2.75, 3.05) is 25.6 Å². The molecule has 0 unspecified atom stereocenters. The Morgan fingerprint density at radius 1 is 1.50 bits per heavy atom. The van der Waals surface area contributed by atoms with E-state index in [4.69, 9.17) is 5.84 Å². The predicted octanol–water partition coefficient (Wildman–Crippen LogP) is 0.235.